The smallest absolute Gasteiger partial charge is 0.228 e. The highest BCUT2D eigenvalue weighted by molar-refractivity contribution is 7.99. The Hall–Kier alpha value is -2.31. The largest absolute Gasteiger partial charge is 0.368 e. The molecule has 0 unspecified atom stereocenters. The van der Waals surface area contributed by atoms with Crippen LogP contribution in [-0.4, -0.2) is 40.9 Å². The predicted molar refractivity (Wildman–Crippen MR) is 131 cm³/mol. The summed E-state index contributed by atoms with van der Waals surface area (Å²) in [6.07, 6.45) is 3.63. The summed E-state index contributed by atoms with van der Waals surface area (Å²) < 4.78 is 0. The van der Waals surface area contributed by atoms with E-state index in [1.165, 1.54) is 28.9 Å². The second-order valence-electron chi connectivity index (χ2n) is 8.83. The van der Waals surface area contributed by atoms with E-state index in [-0.39, 0.29) is 5.54 Å². The molecular weight excluding hydrogens is 402 g/mol. The maximum absolute atomic E-state index is 5.06. The normalized spacial score (nSPS) is 17.3. The molecule has 6 heteroatoms. The van der Waals surface area contributed by atoms with Gasteiger partial charge < -0.3 is 15.5 Å². The molecule has 0 spiro atoms. The van der Waals surface area contributed by atoms with E-state index in [1.54, 1.807) is 0 Å². The van der Waals surface area contributed by atoms with Gasteiger partial charge in [-0.05, 0) is 56.5 Å². The minimum atomic E-state index is 0.232. The number of nitrogens with one attached hydrogen (secondary N) is 2. The van der Waals surface area contributed by atoms with Crippen molar-refractivity contribution in [1.29, 1.82) is 0 Å². The van der Waals surface area contributed by atoms with Crippen molar-refractivity contribution in [3.8, 4) is 0 Å². The Kier molecular flexibility index (Phi) is 5.76. The molecule has 1 aromatic heterocycles. The third kappa shape index (κ3) is 4.51. The fourth-order valence-corrected chi connectivity index (χ4v) is 5.24. The Balaban J connectivity index is 1.46. The first-order chi connectivity index (χ1) is 15.2. The number of aromatic nitrogens is 2. The third-order valence-electron chi connectivity index (χ3n) is 6.27. The van der Waals surface area contributed by atoms with Crippen LogP contribution in [0.4, 0.5) is 11.8 Å². The standard InChI is InChI=1S/C25H31N5S/c1-3-12-27-25(10-11-25)17-26-23-20-15-18(2)8-9-21(20)28-24(29-23)30-13-14-31-22-7-5-4-6-19(22)16-30/h4-9,15,27H,3,10-14,16-17H2,1-2H3,(H,26,28,29). The van der Waals surface area contributed by atoms with Crippen LogP contribution in [0.1, 0.15) is 37.3 Å². The van der Waals surface area contributed by atoms with Crippen molar-refractivity contribution >= 4 is 34.4 Å². The summed E-state index contributed by atoms with van der Waals surface area (Å²) in [5, 5.41) is 8.53. The lowest BCUT2D eigenvalue weighted by Crippen LogP contribution is -2.38. The van der Waals surface area contributed by atoms with Gasteiger partial charge in [0.1, 0.15) is 5.82 Å². The van der Waals surface area contributed by atoms with Crippen LogP contribution in [0.3, 0.4) is 0 Å². The van der Waals surface area contributed by atoms with Crippen molar-refractivity contribution in [3.05, 3.63) is 53.6 Å². The molecule has 2 N–H and O–H groups in total. The van der Waals surface area contributed by atoms with Crippen LogP contribution in [0.5, 0.6) is 0 Å². The van der Waals surface area contributed by atoms with Crippen molar-refractivity contribution < 1.29 is 0 Å². The van der Waals surface area contributed by atoms with Gasteiger partial charge in [0, 0.05) is 41.2 Å². The number of benzene rings is 2. The molecule has 0 radical (unpaired) electrons. The van der Waals surface area contributed by atoms with Crippen LogP contribution >= 0.6 is 11.8 Å². The molecule has 1 aliphatic carbocycles. The summed E-state index contributed by atoms with van der Waals surface area (Å²) in [5.41, 5.74) is 3.83. The van der Waals surface area contributed by atoms with Gasteiger partial charge in [0.25, 0.3) is 0 Å². The van der Waals surface area contributed by atoms with Gasteiger partial charge in [-0.25, -0.2) is 4.98 Å². The highest BCUT2D eigenvalue weighted by Gasteiger charge is 2.41. The molecule has 31 heavy (non-hydrogen) atoms. The van der Waals surface area contributed by atoms with E-state index in [1.807, 2.05) is 11.8 Å². The third-order valence-corrected chi connectivity index (χ3v) is 7.37. The number of thioether (sulfide) groups is 1. The minimum absolute atomic E-state index is 0.232. The molecule has 5 nitrogen and oxygen atoms in total. The molecule has 1 saturated carbocycles. The number of anilines is 2. The molecule has 1 aliphatic heterocycles. The number of nitrogens with zero attached hydrogens (tertiary/aromatic N) is 3. The summed E-state index contributed by atoms with van der Waals surface area (Å²) in [5.74, 6) is 2.82. The first-order valence-electron chi connectivity index (χ1n) is 11.4. The van der Waals surface area contributed by atoms with Gasteiger partial charge in [0.15, 0.2) is 0 Å². The Bertz CT molecular complexity index is 1080. The summed E-state index contributed by atoms with van der Waals surface area (Å²) in [4.78, 5) is 13.7. The average molecular weight is 434 g/mol. The minimum Gasteiger partial charge on any atom is -0.368 e. The van der Waals surface area contributed by atoms with E-state index >= 15 is 0 Å². The predicted octanol–water partition coefficient (Wildman–Crippen LogP) is 4.99. The van der Waals surface area contributed by atoms with Crippen molar-refractivity contribution in [2.75, 3.05) is 35.6 Å². The van der Waals surface area contributed by atoms with E-state index in [2.05, 4.69) is 71.8 Å². The second kappa shape index (κ2) is 8.67. The zero-order valence-electron chi connectivity index (χ0n) is 18.4. The van der Waals surface area contributed by atoms with Crippen LogP contribution in [0.2, 0.25) is 0 Å². The van der Waals surface area contributed by atoms with Gasteiger partial charge in [0.05, 0.1) is 5.52 Å². The number of hydrogen-bond donors (Lipinski definition) is 2. The summed E-state index contributed by atoms with van der Waals surface area (Å²) in [7, 11) is 0. The number of rotatable bonds is 7. The van der Waals surface area contributed by atoms with Crippen LogP contribution in [0.25, 0.3) is 10.9 Å². The molecule has 0 atom stereocenters. The van der Waals surface area contributed by atoms with E-state index in [4.69, 9.17) is 9.97 Å². The zero-order valence-corrected chi connectivity index (χ0v) is 19.3. The number of fused-ring (bicyclic) bond motifs is 2. The highest BCUT2D eigenvalue weighted by atomic mass is 32.2. The molecule has 2 aliphatic rings. The Morgan fingerprint density at radius 3 is 2.84 bits per heavy atom. The highest BCUT2D eigenvalue weighted by Crippen LogP contribution is 2.36. The Morgan fingerprint density at radius 1 is 1.13 bits per heavy atom. The molecule has 1 fully saturated rings. The van der Waals surface area contributed by atoms with E-state index in [0.717, 1.165) is 61.0 Å². The number of hydrogen-bond acceptors (Lipinski definition) is 6. The molecule has 2 aromatic carbocycles. The summed E-state index contributed by atoms with van der Waals surface area (Å²) >= 11 is 1.93. The first-order valence-corrected chi connectivity index (χ1v) is 12.4. The van der Waals surface area contributed by atoms with Gasteiger partial charge in [-0.15, -0.1) is 11.8 Å². The molecule has 0 bridgehead atoms. The maximum Gasteiger partial charge on any atom is 0.228 e. The summed E-state index contributed by atoms with van der Waals surface area (Å²) in [6.45, 7) is 8.12. The van der Waals surface area contributed by atoms with Crippen molar-refractivity contribution in [1.82, 2.24) is 15.3 Å². The van der Waals surface area contributed by atoms with Crippen LogP contribution in [0, 0.1) is 6.92 Å². The van der Waals surface area contributed by atoms with Crippen molar-refractivity contribution in [2.45, 2.75) is 50.1 Å². The van der Waals surface area contributed by atoms with Gasteiger partial charge in [0.2, 0.25) is 5.95 Å². The second-order valence-corrected chi connectivity index (χ2v) is 9.97. The van der Waals surface area contributed by atoms with Crippen LogP contribution < -0.4 is 15.5 Å². The van der Waals surface area contributed by atoms with Crippen LogP contribution in [-0.2, 0) is 6.54 Å². The molecule has 3 aromatic rings. The Labute approximate surface area is 189 Å². The van der Waals surface area contributed by atoms with Gasteiger partial charge >= 0.3 is 0 Å². The molecule has 5 rings (SSSR count). The topological polar surface area (TPSA) is 53.1 Å². The first kappa shape index (κ1) is 20.6. The van der Waals surface area contributed by atoms with Gasteiger partial charge in [-0.2, -0.15) is 4.98 Å². The molecule has 0 amide bonds. The van der Waals surface area contributed by atoms with Crippen molar-refractivity contribution in [2.24, 2.45) is 0 Å². The van der Waals surface area contributed by atoms with Gasteiger partial charge in [-0.3, -0.25) is 0 Å². The van der Waals surface area contributed by atoms with E-state index in [0.29, 0.717) is 0 Å². The van der Waals surface area contributed by atoms with Gasteiger partial charge in [-0.1, -0.05) is 36.8 Å². The Morgan fingerprint density at radius 2 is 2.00 bits per heavy atom. The fourth-order valence-electron chi connectivity index (χ4n) is 4.21. The van der Waals surface area contributed by atoms with E-state index < -0.39 is 0 Å². The molecular formula is C25H31N5S. The maximum atomic E-state index is 5.06. The SMILES string of the molecule is CCCNC1(CNc2nc(N3CCSc4ccccc4C3)nc3ccc(C)cc23)CC1. The van der Waals surface area contributed by atoms with Crippen molar-refractivity contribution in [3.63, 3.8) is 0 Å². The quantitative estimate of drug-likeness (QED) is 0.547. The van der Waals surface area contributed by atoms with Crippen LogP contribution in [0.15, 0.2) is 47.4 Å². The molecule has 2 heterocycles. The monoisotopic (exact) mass is 433 g/mol. The molecule has 162 valence electrons. The lowest BCUT2D eigenvalue weighted by Gasteiger charge is -2.23. The van der Waals surface area contributed by atoms with E-state index in [9.17, 15) is 0 Å². The fraction of sp³-hybridized carbons (Fsp3) is 0.440. The zero-order chi connectivity index (χ0) is 21.3. The summed E-state index contributed by atoms with van der Waals surface area (Å²) in [6, 6.07) is 15.2. The lowest BCUT2D eigenvalue weighted by molar-refractivity contribution is 0.516. The number of aryl methyl sites for hydroxylation is 1. The lowest BCUT2D eigenvalue weighted by atomic mass is 10.1. The average Bonchev–Trinajstić information content (AvgIpc) is 3.59. The molecule has 0 saturated heterocycles.